The molecule has 0 unspecified atom stereocenters. The molecule has 0 spiro atoms. The van der Waals surface area contributed by atoms with Crippen LogP contribution in [0.15, 0.2) is 41.0 Å². The molecule has 0 amide bonds. The summed E-state index contributed by atoms with van der Waals surface area (Å²) in [6.45, 7) is 5.49. The molecule has 1 aromatic heterocycles. The van der Waals surface area contributed by atoms with Gasteiger partial charge in [-0.1, -0.05) is 38.1 Å². The maximum Gasteiger partial charge on any atom is 0.300 e. The van der Waals surface area contributed by atoms with E-state index >= 15 is 0 Å². The average Bonchev–Trinajstić information content (AvgIpc) is 3.05. The molecule has 0 aliphatic carbocycles. The summed E-state index contributed by atoms with van der Waals surface area (Å²) in [5.74, 6) is -0.0292. The number of fused-ring (bicyclic) bond motifs is 1. The van der Waals surface area contributed by atoms with Crippen LogP contribution >= 0.6 is 0 Å². The summed E-state index contributed by atoms with van der Waals surface area (Å²) >= 11 is 0. The van der Waals surface area contributed by atoms with Crippen LogP contribution in [0.5, 0.6) is 0 Å². The second-order valence-electron chi connectivity index (χ2n) is 4.48. The fourth-order valence-corrected chi connectivity index (χ4v) is 2.12. The van der Waals surface area contributed by atoms with E-state index in [4.69, 9.17) is 0 Å². The molecular formula is C16H15N3O4. The van der Waals surface area contributed by atoms with Gasteiger partial charge in [-0.05, 0) is 28.9 Å². The minimum absolute atomic E-state index is 0.0292. The summed E-state index contributed by atoms with van der Waals surface area (Å²) in [4.78, 5) is 21.7. The smallest absolute Gasteiger partial charge is 0.295 e. The highest BCUT2D eigenvalue weighted by Gasteiger charge is 2.20. The van der Waals surface area contributed by atoms with Crippen LogP contribution in [0.25, 0.3) is 22.2 Å². The first-order chi connectivity index (χ1) is 11.1. The van der Waals surface area contributed by atoms with Crippen molar-refractivity contribution in [3.05, 3.63) is 52.1 Å². The van der Waals surface area contributed by atoms with E-state index in [-0.39, 0.29) is 17.0 Å². The maximum atomic E-state index is 11.3. The largest absolute Gasteiger partial charge is 0.300 e. The maximum absolute atomic E-state index is 11.3. The Bertz CT molecular complexity index is 853. The Morgan fingerprint density at radius 2 is 1.65 bits per heavy atom. The van der Waals surface area contributed by atoms with Crippen molar-refractivity contribution in [1.82, 2.24) is 10.3 Å². The molecule has 2 aromatic carbocycles. The summed E-state index contributed by atoms with van der Waals surface area (Å²) in [7, 11) is 0. The van der Waals surface area contributed by atoms with Gasteiger partial charge in [0.15, 0.2) is 5.78 Å². The van der Waals surface area contributed by atoms with Crippen LogP contribution in [0, 0.1) is 10.1 Å². The Morgan fingerprint density at radius 3 is 2.22 bits per heavy atom. The second-order valence-corrected chi connectivity index (χ2v) is 4.48. The molecule has 7 nitrogen and oxygen atoms in total. The van der Waals surface area contributed by atoms with E-state index in [1.165, 1.54) is 13.0 Å². The van der Waals surface area contributed by atoms with Crippen molar-refractivity contribution in [3.8, 4) is 11.1 Å². The van der Waals surface area contributed by atoms with Crippen LogP contribution in [0.1, 0.15) is 31.1 Å². The molecule has 0 aliphatic heterocycles. The van der Waals surface area contributed by atoms with Gasteiger partial charge >= 0.3 is 5.69 Å². The molecule has 0 aliphatic rings. The molecule has 23 heavy (non-hydrogen) atoms. The molecule has 1 heterocycles. The highest BCUT2D eigenvalue weighted by atomic mass is 16.6. The van der Waals surface area contributed by atoms with Crippen molar-refractivity contribution < 1.29 is 14.3 Å². The van der Waals surface area contributed by atoms with Crippen LogP contribution in [-0.2, 0) is 0 Å². The summed E-state index contributed by atoms with van der Waals surface area (Å²) in [6.07, 6.45) is 0. The molecule has 118 valence electrons. The second kappa shape index (κ2) is 6.78. The molecular weight excluding hydrogens is 298 g/mol. The van der Waals surface area contributed by atoms with Crippen molar-refractivity contribution >= 4 is 22.5 Å². The summed E-state index contributed by atoms with van der Waals surface area (Å²) in [6, 6.07) is 9.85. The van der Waals surface area contributed by atoms with Gasteiger partial charge in [-0.25, -0.2) is 4.63 Å². The Hall–Kier alpha value is -3.09. The number of carbonyl (C=O) groups excluding carboxylic acids is 1. The third kappa shape index (κ3) is 3.08. The quantitative estimate of drug-likeness (QED) is 0.411. The molecule has 7 heteroatoms. The number of carbonyl (C=O) groups is 1. The topological polar surface area (TPSA) is 99.1 Å². The number of aromatic nitrogens is 2. The lowest BCUT2D eigenvalue weighted by molar-refractivity contribution is -0.383. The van der Waals surface area contributed by atoms with E-state index in [1.54, 1.807) is 30.3 Å². The fourth-order valence-electron chi connectivity index (χ4n) is 2.12. The Labute approximate surface area is 132 Å². The van der Waals surface area contributed by atoms with Crippen molar-refractivity contribution in [2.24, 2.45) is 0 Å². The Kier molecular flexibility index (Phi) is 4.80. The first kappa shape index (κ1) is 16.3. The molecule has 0 atom stereocenters. The van der Waals surface area contributed by atoms with Gasteiger partial charge in [0.2, 0.25) is 5.52 Å². The number of benzene rings is 2. The zero-order valence-corrected chi connectivity index (χ0v) is 12.9. The number of nitro benzene ring substituents is 1. The number of hydrogen-bond acceptors (Lipinski definition) is 6. The monoisotopic (exact) mass is 313 g/mol. The first-order valence-electron chi connectivity index (χ1n) is 7.09. The zero-order valence-electron chi connectivity index (χ0n) is 12.9. The van der Waals surface area contributed by atoms with E-state index < -0.39 is 4.92 Å². The summed E-state index contributed by atoms with van der Waals surface area (Å²) < 4.78 is 4.62. The van der Waals surface area contributed by atoms with Gasteiger partial charge in [-0.15, -0.1) is 0 Å². The van der Waals surface area contributed by atoms with Crippen LogP contribution in [0.3, 0.4) is 0 Å². The van der Waals surface area contributed by atoms with Gasteiger partial charge in [0, 0.05) is 17.2 Å². The number of rotatable bonds is 3. The van der Waals surface area contributed by atoms with Gasteiger partial charge < -0.3 is 0 Å². The van der Waals surface area contributed by atoms with Crippen molar-refractivity contribution in [3.63, 3.8) is 0 Å². The number of Topliss-reactive ketones (excluding diaryl/α,β-unsaturated/α-hetero) is 1. The van der Waals surface area contributed by atoms with E-state index in [0.717, 1.165) is 5.56 Å². The molecule has 0 radical (unpaired) electrons. The summed E-state index contributed by atoms with van der Waals surface area (Å²) in [5.41, 5.74) is 2.29. The Morgan fingerprint density at radius 1 is 1.04 bits per heavy atom. The van der Waals surface area contributed by atoms with Crippen molar-refractivity contribution in [2.75, 3.05) is 0 Å². The fraction of sp³-hybridized carbons (Fsp3) is 0.188. The average molecular weight is 313 g/mol. The standard InChI is InChI=1S/C14H9N3O4.C2H6/c1-8(18)9-2-4-10(5-3-9)11-6-7-12(17(19)20)14-13(11)15-21-16-14;1-2/h2-7H,1H3;1-2H3. The number of non-ortho nitro benzene ring substituents is 1. The SMILES string of the molecule is CC.CC(=O)c1ccc(-c2ccc([N+](=O)[O-])c3nonc23)cc1. The van der Waals surface area contributed by atoms with Crippen molar-refractivity contribution in [1.29, 1.82) is 0 Å². The van der Waals surface area contributed by atoms with E-state index in [9.17, 15) is 14.9 Å². The molecule has 0 bridgehead atoms. The lowest BCUT2D eigenvalue weighted by Gasteiger charge is -2.03. The molecule has 0 fully saturated rings. The summed E-state index contributed by atoms with van der Waals surface area (Å²) in [5, 5.41) is 18.3. The predicted molar refractivity (Wildman–Crippen MR) is 85.2 cm³/mol. The Balaban J connectivity index is 0.000000924. The molecule has 3 rings (SSSR count). The zero-order chi connectivity index (χ0) is 17.0. The van der Waals surface area contributed by atoms with Gasteiger partial charge in [0.05, 0.1) is 4.92 Å². The van der Waals surface area contributed by atoms with Gasteiger partial charge in [0.1, 0.15) is 5.52 Å². The number of nitro groups is 1. The normalized spacial score (nSPS) is 10.0. The van der Waals surface area contributed by atoms with E-state index in [2.05, 4.69) is 14.9 Å². The highest BCUT2D eigenvalue weighted by molar-refractivity contribution is 5.97. The third-order valence-electron chi connectivity index (χ3n) is 3.19. The third-order valence-corrected chi connectivity index (χ3v) is 3.19. The lowest BCUT2D eigenvalue weighted by atomic mass is 10.0. The number of nitrogens with zero attached hydrogens (tertiary/aromatic N) is 3. The van der Waals surface area contributed by atoms with Gasteiger partial charge in [-0.2, -0.15) is 0 Å². The predicted octanol–water partition coefficient (Wildman–Crippen LogP) is 4.03. The first-order valence-corrected chi connectivity index (χ1v) is 7.09. The van der Waals surface area contributed by atoms with Gasteiger partial charge in [-0.3, -0.25) is 14.9 Å². The minimum atomic E-state index is -0.533. The highest BCUT2D eigenvalue weighted by Crippen LogP contribution is 2.32. The van der Waals surface area contributed by atoms with Crippen LogP contribution in [-0.4, -0.2) is 21.0 Å². The van der Waals surface area contributed by atoms with Crippen LogP contribution < -0.4 is 0 Å². The van der Waals surface area contributed by atoms with Crippen LogP contribution in [0.4, 0.5) is 5.69 Å². The molecule has 0 N–H and O–H groups in total. The molecule has 0 saturated carbocycles. The molecule has 3 aromatic rings. The molecule has 0 saturated heterocycles. The number of ketones is 1. The minimum Gasteiger partial charge on any atom is -0.295 e. The van der Waals surface area contributed by atoms with Crippen LogP contribution in [0.2, 0.25) is 0 Å². The number of hydrogen-bond donors (Lipinski definition) is 0. The van der Waals surface area contributed by atoms with Crippen molar-refractivity contribution in [2.45, 2.75) is 20.8 Å². The van der Waals surface area contributed by atoms with E-state index in [1.807, 2.05) is 13.8 Å². The van der Waals surface area contributed by atoms with Gasteiger partial charge in [0.25, 0.3) is 0 Å². The lowest BCUT2D eigenvalue weighted by Crippen LogP contribution is -1.92. The van der Waals surface area contributed by atoms with E-state index in [0.29, 0.717) is 16.6 Å².